The Morgan fingerprint density at radius 2 is 1.92 bits per heavy atom. The van der Waals surface area contributed by atoms with Crippen LogP contribution in [0.2, 0.25) is 0 Å². The molecule has 0 radical (unpaired) electrons. The summed E-state index contributed by atoms with van der Waals surface area (Å²) >= 11 is 0. The first-order valence-corrected chi connectivity index (χ1v) is 4.36. The van der Waals surface area contributed by atoms with Crippen molar-refractivity contribution in [1.82, 2.24) is 0 Å². The molecule has 0 aromatic carbocycles. The predicted octanol–water partition coefficient (Wildman–Crippen LogP) is -1.43. The fourth-order valence-corrected chi connectivity index (χ4v) is 1.01. The van der Waals surface area contributed by atoms with Crippen molar-refractivity contribution >= 4 is 0 Å². The van der Waals surface area contributed by atoms with E-state index < -0.39 is 0 Å². The van der Waals surface area contributed by atoms with Crippen LogP contribution in [-0.4, -0.2) is 38.2 Å². The molecule has 0 heterocycles. The van der Waals surface area contributed by atoms with Crippen molar-refractivity contribution in [2.45, 2.75) is 13.8 Å². The molecule has 1 unspecified atom stereocenters. The third-order valence-corrected chi connectivity index (χ3v) is 1.52. The van der Waals surface area contributed by atoms with E-state index in [0.29, 0.717) is 18.0 Å². The fourth-order valence-electron chi connectivity index (χ4n) is 1.01. The lowest BCUT2D eigenvalue weighted by Gasteiger charge is -2.29. The SMILES string of the molecule is C=CC[N+](C)(COCC)OCC.[Cl-]. The van der Waals surface area contributed by atoms with Gasteiger partial charge in [0.2, 0.25) is 6.73 Å². The van der Waals surface area contributed by atoms with Crippen LogP contribution in [0.4, 0.5) is 0 Å². The van der Waals surface area contributed by atoms with Gasteiger partial charge in [-0.1, -0.05) is 6.58 Å². The summed E-state index contributed by atoms with van der Waals surface area (Å²) in [6.07, 6.45) is 1.84. The van der Waals surface area contributed by atoms with E-state index in [1.165, 1.54) is 0 Å². The minimum absolute atomic E-state index is 0. The highest BCUT2D eigenvalue weighted by molar-refractivity contribution is 4.63. The number of hydroxylamine groups is 3. The van der Waals surface area contributed by atoms with Crippen LogP contribution >= 0.6 is 0 Å². The maximum atomic E-state index is 5.51. The summed E-state index contributed by atoms with van der Waals surface area (Å²) in [6, 6.07) is 0. The fraction of sp³-hybridized carbons (Fsp3) is 0.778. The molecule has 0 N–H and O–H groups in total. The van der Waals surface area contributed by atoms with Gasteiger partial charge in [-0.2, -0.15) is 4.65 Å². The third-order valence-electron chi connectivity index (χ3n) is 1.52. The van der Waals surface area contributed by atoms with Crippen LogP contribution in [0, 0.1) is 0 Å². The van der Waals surface area contributed by atoms with Crippen molar-refractivity contribution in [3.05, 3.63) is 12.7 Å². The van der Waals surface area contributed by atoms with Gasteiger partial charge >= 0.3 is 0 Å². The quantitative estimate of drug-likeness (QED) is 0.222. The van der Waals surface area contributed by atoms with E-state index in [1.54, 1.807) is 0 Å². The molecule has 0 aliphatic rings. The molecule has 0 saturated heterocycles. The lowest BCUT2D eigenvalue weighted by Crippen LogP contribution is -3.00. The zero-order chi connectivity index (χ0) is 9.45. The molecular weight excluding hydrogens is 190 g/mol. The minimum atomic E-state index is 0. The smallest absolute Gasteiger partial charge is 0.212 e. The van der Waals surface area contributed by atoms with Gasteiger partial charge < -0.3 is 17.1 Å². The van der Waals surface area contributed by atoms with E-state index >= 15 is 0 Å². The van der Waals surface area contributed by atoms with Crippen molar-refractivity contribution in [2.75, 3.05) is 33.5 Å². The van der Waals surface area contributed by atoms with Crippen LogP contribution in [0.3, 0.4) is 0 Å². The molecule has 0 bridgehead atoms. The predicted molar refractivity (Wildman–Crippen MR) is 49.4 cm³/mol. The lowest BCUT2D eigenvalue weighted by atomic mass is 10.5. The molecule has 4 heteroatoms. The van der Waals surface area contributed by atoms with Crippen molar-refractivity contribution < 1.29 is 26.6 Å². The Morgan fingerprint density at radius 1 is 1.31 bits per heavy atom. The number of nitrogens with zero attached hydrogens (tertiary/aromatic N) is 1. The van der Waals surface area contributed by atoms with Crippen molar-refractivity contribution in [3.8, 4) is 0 Å². The molecule has 13 heavy (non-hydrogen) atoms. The Labute approximate surface area is 87.3 Å². The third kappa shape index (κ3) is 7.02. The van der Waals surface area contributed by atoms with E-state index in [0.717, 1.165) is 13.2 Å². The van der Waals surface area contributed by atoms with Crippen LogP contribution in [0.15, 0.2) is 12.7 Å². The first kappa shape index (κ1) is 15.4. The van der Waals surface area contributed by atoms with Crippen LogP contribution in [0.25, 0.3) is 0 Å². The highest BCUT2D eigenvalue weighted by atomic mass is 35.5. The van der Waals surface area contributed by atoms with E-state index in [4.69, 9.17) is 9.57 Å². The average molecular weight is 210 g/mol. The van der Waals surface area contributed by atoms with E-state index in [1.807, 2.05) is 27.0 Å². The molecule has 0 amide bonds. The lowest BCUT2D eigenvalue weighted by molar-refractivity contribution is -1.10. The summed E-state index contributed by atoms with van der Waals surface area (Å²) in [5.74, 6) is 0. The Morgan fingerprint density at radius 3 is 2.31 bits per heavy atom. The van der Waals surface area contributed by atoms with Gasteiger partial charge in [0.1, 0.15) is 20.2 Å². The van der Waals surface area contributed by atoms with Gasteiger partial charge in [0.15, 0.2) is 0 Å². The standard InChI is InChI=1S/C9H20NO2.ClH/c1-5-8-10(4,12-7-3)9-11-6-2;/h5H,1,6-9H2,2-4H3;1H/q+1;/p-1. The first-order chi connectivity index (χ1) is 5.68. The Kier molecular flexibility index (Phi) is 10.1. The summed E-state index contributed by atoms with van der Waals surface area (Å²) in [6.45, 7) is 10.4. The van der Waals surface area contributed by atoms with Gasteiger partial charge in [-0.3, -0.25) is 0 Å². The Bertz CT molecular complexity index is 133. The van der Waals surface area contributed by atoms with E-state index in [2.05, 4.69) is 6.58 Å². The van der Waals surface area contributed by atoms with Gasteiger partial charge in [-0.05, 0) is 19.9 Å². The summed E-state index contributed by atoms with van der Waals surface area (Å²) in [5.41, 5.74) is 0. The van der Waals surface area contributed by atoms with Gasteiger partial charge in [-0.25, -0.2) is 4.84 Å². The maximum absolute atomic E-state index is 5.51. The molecule has 0 spiro atoms. The molecule has 0 aliphatic heterocycles. The van der Waals surface area contributed by atoms with Gasteiger partial charge in [0, 0.05) is 6.61 Å². The van der Waals surface area contributed by atoms with Crippen molar-refractivity contribution in [1.29, 1.82) is 0 Å². The zero-order valence-corrected chi connectivity index (χ0v) is 9.51. The van der Waals surface area contributed by atoms with Crippen LogP contribution in [0.1, 0.15) is 13.8 Å². The number of rotatable bonds is 7. The van der Waals surface area contributed by atoms with Crippen LogP contribution < -0.4 is 12.4 Å². The van der Waals surface area contributed by atoms with E-state index in [9.17, 15) is 0 Å². The summed E-state index contributed by atoms with van der Waals surface area (Å²) in [5, 5.41) is 0. The van der Waals surface area contributed by atoms with Crippen LogP contribution in [-0.2, 0) is 9.57 Å². The summed E-state index contributed by atoms with van der Waals surface area (Å²) in [4.78, 5) is 5.51. The van der Waals surface area contributed by atoms with Crippen LogP contribution in [0.5, 0.6) is 0 Å². The van der Waals surface area contributed by atoms with Gasteiger partial charge in [0.25, 0.3) is 0 Å². The Hall–Kier alpha value is -0.0900. The molecule has 0 aromatic heterocycles. The molecule has 0 aromatic rings. The summed E-state index contributed by atoms with van der Waals surface area (Å²) in [7, 11) is 1.99. The molecule has 0 rings (SSSR count). The second-order valence-corrected chi connectivity index (χ2v) is 2.81. The van der Waals surface area contributed by atoms with Gasteiger partial charge in [-0.15, -0.1) is 0 Å². The van der Waals surface area contributed by atoms with E-state index in [-0.39, 0.29) is 12.4 Å². The number of likely N-dealkylation sites (N-methyl/N-ethyl adjacent to an activating group) is 1. The first-order valence-electron chi connectivity index (χ1n) is 4.36. The van der Waals surface area contributed by atoms with Crippen molar-refractivity contribution in [3.63, 3.8) is 0 Å². The Balaban J connectivity index is 0. The molecule has 80 valence electrons. The molecule has 3 nitrogen and oxygen atoms in total. The van der Waals surface area contributed by atoms with Crippen molar-refractivity contribution in [2.24, 2.45) is 0 Å². The molecule has 1 atom stereocenters. The molecule has 0 saturated carbocycles. The number of hydrogen-bond donors (Lipinski definition) is 0. The largest absolute Gasteiger partial charge is 1.00 e. The number of halogens is 1. The monoisotopic (exact) mass is 209 g/mol. The second-order valence-electron chi connectivity index (χ2n) is 2.81. The minimum Gasteiger partial charge on any atom is -1.00 e. The highest BCUT2D eigenvalue weighted by Gasteiger charge is 2.20. The second kappa shape index (κ2) is 8.51. The number of hydrogen-bond acceptors (Lipinski definition) is 2. The average Bonchev–Trinajstić information content (AvgIpc) is 2.02. The molecule has 0 aliphatic carbocycles. The number of ether oxygens (including phenoxy) is 1. The topological polar surface area (TPSA) is 18.5 Å². The summed E-state index contributed by atoms with van der Waals surface area (Å²) < 4.78 is 5.76. The molecule has 0 fully saturated rings. The zero-order valence-electron chi connectivity index (χ0n) is 8.75. The number of quaternary nitrogens is 1. The highest BCUT2D eigenvalue weighted by Crippen LogP contribution is 2.03. The van der Waals surface area contributed by atoms with Gasteiger partial charge in [0.05, 0.1) is 0 Å². The maximum Gasteiger partial charge on any atom is 0.212 e. The normalized spacial score (nSPS) is 14.4. The molecular formula is C9H20ClNO2.